The van der Waals surface area contributed by atoms with E-state index in [0.29, 0.717) is 18.4 Å². The molecular weight excluding hydrogens is 346 g/mol. The van der Waals surface area contributed by atoms with Crippen LogP contribution in [0.4, 0.5) is 0 Å². The second kappa shape index (κ2) is 10.8. The van der Waals surface area contributed by atoms with Crippen molar-refractivity contribution in [3.8, 4) is 0 Å². The summed E-state index contributed by atoms with van der Waals surface area (Å²) in [5, 5.41) is 2.15. The number of carbonyl (C=O) groups excluding carboxylic acids is 5. The molecule has 0 spiro atoms. The summed E-state index contributed by atoms with van der Waals surface area (Å²) in [5.74, 6) is -3.24. The average Bonchev–Trinajstić information content (AvgIpc) is 2.55. The lowest BCUT2D eigenvalue weighted by atomic mass is 10.0. The smallest absolute Gasteiger partial charge is 0.333 e. The highest BCUT2D eigenvalue weighted by Crippen LogP contribution is 2.13. The van der Waals surface area contributed by atoms with Crippen LogP contribution >= 0.6 is 0 Å². The van der Waals surface area contributed by atoms with Crippen molar-refractivity contribution in [1.29, 1.82) is 0 Å². The van der Waals surface area contributed by atoms with Gasteiger partial charge < -0.3 is 14.2 Å². The maximum absolute atomic E-state index is 11.4. The van der Waals surface area contributed by atoms with E-state index in [1.807, 2.05) is 0 Å². The molecule has 0 unspecified atom stereocenters. The zero-order valence-electron chi connectivity index (χ0n) is 14.6. The quantitative estimate of drug-likeness (QED) is 0.206. The van der Waals surface area contributed by atoms with Crippen molar-refractivity contribution in [1.82, 2.24) is 5.32 Å². The Labute approximate surface area is 150 Å². The zero-order valence-corrected chi connectivity index (χ0v) is 14.6. The van der Waals surface area contributed by atoms with Gasteiger partial charge in [0.15, 0.2) is 0 Å². The summed E-state index contributed by atoms with van der Waals surface area (Å²) in [6, 6.07) is 0. The van der Waals surface area contributed by atoms with Crippen LogP contribution in [0.3, 0.4) is 0 Å². The van der Waals surface area contributed by atoms with E-state index in [1.165, 1.54) is 6.08 Å². The monoisotopic (exact) mass is 367 g/mol. The fourth-order valence-electron chi connectivity index (χ4n) is 1.84. The number of carbonyl (C=O) groups is 5. The first-order valence-corrected chi connectivity index (χ1v) is 7.99. The van der Waals surface area contributed by atoms with Gasteiger partial charge in [-0.1, -0.05) is 19.4 Å². The Kier molecular flexibility index (Phi) is 8.76. The summed E-state index contributed by atoms with van der Waals surface area (Å²) >= 11 is 0. The van der Waals surface area contributed by atoms with Crippen molar-refractivity contribution in [2.75, 3.05) is 13.4 Å². The molecular formula is C17H21NO8. The molecule has 0 aromatic heterocycles. The third-order valence-corrected chi connectivity index (χ3v) is 3.10. The van der Waals surface area contributed by atoms with Crippen LogP contribution in [0.1, 0.15) is 33.1 Å². The second-order valence-electron chi connectivity index (χ2n) is 5.70. The molecule has 0 aromatic carbocycles. The lowest BCUT2D eigenvalue weighted by molar-refractivity contribution is -0.166. The fourth-order valence-corrected chi connectivity index (χ4v) is 1.84. The maximum Gasteiger partial charge on any atom is 0.333 e. The normalized spacial score (nSPS) is 14.0. The maximum atomic E-state index is 11.4. The predicted octanol–water partition coefficient (Wildman–Crippen LogP) is 0.539. The third kappa shape index (κ3) is 8.76. The number of esters is 3. The van der Waals surface area contributed by atoms with Crippen molar-refractivity contribution < 1.29 is 38.2 Å². The molecule has 142 valence electrons. The van der Waals surface area contributed by atoms with Crippen molar-refractivity contribution >= 4 is 29.7 Å². The summed E-state index contributed by atoms with van der Waals surface area (Å²) in [4.78, 5) is 56.2. The van der Waals surface area contributed by atoms with Gasteiger partial charge in [0.05, 0.1) is 12.5 Å². The van der Waals surface area contributed by atoms with Crippen molar-refractivity contribution in [2.45, 2.75) is 33.1 Å². The van der Waals surface area contributed by atoms with Crippen molar-refractivity contribution in [2.24, 2.45) is 5.92 Å². The SMILES string of the molecule is CC(C)C(=O)OCOC(=O)/C=C/C(=O)OCCCC1=CC(=O)NC(=O)C1. The number of imide groups is 1. The Morgan fingerprint density at radius 2 is 1.77 bits per heavy atom. The summed E-state index contributed by atoms with van der Waals surface area (Å²) in [6.45, 7) is 2.81. The predicted molar refractivity (Wildman–Crippen MR) is 87.1 cm³/mol. The van der Waals surface area contributed by atoms with Crippen LogP contribution in [0.2, 0.25) is 0 Å². The van der Waals surface area contributed by atoms with Gasteiger partial charge in [-0.3, -0.25) is 19.7 Å². The summed E-state index contributed by atoms with van der Waals surface area (Å²) in [5.41, 5.74) is 0.671. The van der Waals surface area contributed by atoms with Crippen LogP contribution in [0.25, 0.3) is 0 Å². The molecule has 1 heterocycles. The van der Waals surface area contributed by atoms with E-state index in [-0.39, 0.29) is 24.9 Å². The molecule has 26 heavy (non-hydrogen) atoms. The van der Waals surface area contributed by atoms with E-state index in [2.05, 4.69) is 14.8 Å². The van der Waals surface area contributed by atoms with Crippen LogP contribution < -0.4 is 5.32 Å². The van der Waals surface area contributed by atoms with Gasteiger partial charge in [-0.25, -0.2) is 9.59 Å². The van der Waals surface area contributed by atoms with Crippen molar-refractivity contribution in [3.63, 3.8) is 0 Å². The Balaban J connectivity index is 2.18. The molecule has 0 saturated heterocycles. The second-order valence-corrected chi connectivity index (χ2v) is 5.70. The van der Waals surface area contributed by atoms with Crippen LogP contribution in [0, 0.1) is 5.92 Å². The highest BCUT2D eigenvalue weighted by atomic mass is 16.7. The number of rotatable bonds is 9. The Hall–Kier alpha value is -2.97. The van der Waals surface area contributed by atoms with Gasteiger partial charge in [0.25, 0.3) is 5.91 Å². The molecule has 0 aromatic rings. The number of amides is 2. The van der Waals surface area contributed by atoms with Gasteiger partial charge in [-0.15, -0.1) is 0 Å². The topological polar surface area (TPSA) is 125 Å². The van der Waals surface area contributed by atoms with Gasteiger partial charge in [0.1, 0.15) is 0 Å². The molecule has 0 bridgehead atoms. The minimum atomic E-state index is -0.851. The molecule has 2 amide bonds. The molecule has 1 aliphatic heterocycles. The first-order chi connectivity index (χ1) is 12.3. The van der Waals surface area contributed by atoms with E-state index in [0.717, 1.165) is 12.2 Å². The van der Waals surface area contributed by atoms with E-state index in [9.17, 15) is 24.0 Å². The molecule has 0 radical (unpaired) electrons. The number of nitrogens with one attached hydrogen (secondary N) is 1. The van der Waals surface area contributed by atoms with E-state index >= 15 is 0 Å². The minimum absolute atomic E-state index is 0.0668. The highest BCUT2D eigenvalue weighted by molar-refractivity contribution is 6.05. The molecule has 9 nitrogen and oxygen atoms in total. The van der Waals surface area contributed by atoms with Crippen LogP contribution in [0.5, 0.6) is 0 Å². The molecule has 0 fully saturated rings. The first kappa shape index (κ1) is 21.1. The lowest BCUT2D eigenvalue weighted by Gasteiger charge is -2.12. The number of hydrogen-bond acceptors (Lipinski definition) is 8. The van der Waals surface area contributed by atoms with Crippen LogP contribution in [-0.2, 0) is 38.2 Å². The molecule has 0 aliphatic carbocycles. The molecule has 1 N–H and O–H groups in total. The molecule has 9 heteroatoms. The Morgan fingerprint density at radius 1 is 1.12 bits per heavy atom. The van der Waals surface area contributed by atoms with Crippen molar-refractivity contribution in [3.05, 3.63) is 23.8 Å². The first-order valence-electron chi connectivity index (χ1n) is 7.99. The molecule has 0 saturated carbocycles. The summed E-state index contributed by atoms with van der Waals surface area (Å²) in [6.07, 6.45) is 4.13. The van der Waals surface area contributed by atoms with Crippen LogP contribution in [0.15, 0.2) is 23.8 Å². The largest absolute Gasteiger partial charge is 0.463 e. The third-order valence-electron chi connectivity index (χ3n) is 3.10. The average molecular weight is 367 g/mol. The number of hydrogen-bond donors (Lipinski definition) is 1. The van der Waals surface area contributed by atoms with Gasteiger partial charge in [0.2, 0.25) is 12.7 Å². The van der Waals surface area contributed by atoms with Crippen LogP contribution in [-0.4, -0.2) is 43.1 Å². The van der Waals surface area contributed by atoms with E-state index in [1.54, 1.807) is 13.8 Å². The summed E-state index contributed by atoms with van der Waals surface area (Å²) < 4.78 is 14.1. The summed E-state index contributed by atoms with van der Waals surface area (Å²) in [7, 11) is 0. The van der Waals surface area contributed by atoms with E-state index < -0.39 is 30.6 Å². The standard InChI is InChI=1S/C17H21NO8/c1-11(2)17(23)26-10-25-16(22)6-5-15(21)24-7-3-4-12-8-13(19)18-14(20)9-12/h5-6,8,11H,3-4,7,9-10H2,1-2H3,(H,18,19,20)/b6-5+. The molecule has 1 aliphatic rings. The Bertz CT molecular complexity index is 633. The minimum Gasteiger partial charge on any atom is -0.463 e. The van der Waals surface area contributed by atoms with Gasteiger partial charge in [0, 0.05) is 24.6 Å². The Morgan fingerprint density at radius 3 is 2.38 bits per heavy atom. The van der Waals surface area contributed by atoms with Gasteiger partial charge >= 0.3 is 17.9 Å². The fraction of sp³-hybridized carbons (Fsp3) is 0.471. The lowest BCUT2D eigenvalue weighted by Crippen LogP contribution is -2.32. The van der Waals surface area contributed by atoms with Gasteiger partial charge in [-0.05, 0) is 12.8 Å². The molecule has 1 rings (SSSR count). The van der Waals surface area contributed by atoms with Gasteiger partial charge in [-0.2, -0.15) is 0 Å². The zero-order chi connectivity index (χ0) is 19.5. The molecule has 0 atom stereocenters. The highest BCUT2D eigenvalue weighted by Gasteiger charge is 2.15. The van der Waals surface area contributed by atoms with E-state index in [4.69, 9.17) is 4.74 Å². The number of ether oxygens (including phenoxy) is 3.